The van der Waals surface area contributed by atoms with Gasteiger partial charge in [0.05, 0.1) is 69.0 Å². The monoisotopic (exact) mass is 1670 g/mol. The van der Waals surface area contributed by atoms with Gasteiger partial charge in [-0.05, 0) is 230 Å². The van der Waals surface area contributed by atoms with E-state index in [2.05, 4.69) is 6.92 Å². The SMILES string of the molecule is C.C.C.C.C.C.C.C.CCC(C)(C)C(=O)OC1C2CC3C1OC(=O)C3C2C(=O)OC1(C)CCCC1.CCC(C)(C)C(=O)OC1C2CC3C1OC(=O)C3C2C(=O)OC1(C)CCCCC1.CCC(C)(C)C(=O)OC1C2CC3C1OC(=O)C3C2C(=O)OC1CCCCC1.CCC1(OC(=O)C2C3CC4C(OC(=O)C42)C3OC(=O)C(C)(C)CC)CCCC1. The molecule has 12 saturated carbocycles. The molecule has 0 spiro atoms. The van der Waals surface area contributed by atoms with Crippen LogP contribution in [-0.2, 0) is 114 Å². The zero-order chi connectivity index (χ0) is 79.4. The van der Waals surface area contributed by atoms with Crippen molar-refractivity contribution in [3.8, 4) is 0 Å². The van der Waals surface area contributed by atoms with E-state index >= 15 is 0 Å². The summed E-state index contributed by atoms with van der Waals surface area (Å²) in [5.41, 5.74) is -3.67. The maximum absolute atomic E-state index is 13.2. The van der Waals surface area contributed by atoms with Crippen molar-refractivity contribution in [1.82, 2.24) is 0 Å². The van der Waals surface area contributed by atoms with E-state index in [9.17, 15) is 57.5 Å². The van der Waals surface area contributed by atoms with Crippen LogP contribution in [0.2, 0.25) is 0 Å². The van der Waals surface area contributed by atoms with Crippen molar-refractivity contribution >= 4 is 71.6 Å². The van der Waals surface area contributed by atoms with E-state index in [1.807, 2.05) is 96.9 Å². The van der Waals surface area contributed by atoms with Gasteiger partial charge in [0.1, 0.15) is 71.7 Å². The van der Waals surface area contributed by atoms with Gasteiger partial charge in [-0.1, -0.05) is 107 Å². The maximum Gasteiger partial charge on any atom is 0.311 e. The molecule has 4 aliphatic heterocycles. The second-order valence-electron chi connectivity index (χ2n) is 38.9. The summed E-state index contributed by atoms with van der Waals surface area (Å²) in [5, 5.41) is 0. The number of carbonyl (C=O) groups is 12. The average Bonchev–Trinajstić information content (AvgIpc) is 1.57. The molecular weight excluding hydrogens is 1510 g/mol. The molecule has 24 nitrogen and oxygen atoms in total. The van der Waals surface area contributed by atoms with Crippen molar-refractivity contribution in [2.24, 2.45) is 116 Å². The summed E-state index contributed by atoms with van der Waals surface area (Å²) in [5.74, 6) is -8.57. The number of carbonyl (C=O) groups excluding carboxylic acids is 12. The Morgan fingerprint density at radius 1 is 0.322 bits per heavy atom. The highest BCUT2D eigenvalue weighted by molar-refractivity contribution is 5.90. The number of esters is 12. The lowest BCUT2D eigenvalue weighted by Crippen LogP contribution is -2.47. The average molecular weight is 1670 g/mol. The van der Waals surface area contributed by atoms with Gasteiger partial charge < -0.3 is 56.8 Å². The van der Waals surface area contributed by atoms with Crippen LogP contribution >= 0.6 is 0 Å². The zero-order valence-electron chi connectivity index (χ0n) is 67.8. The first-order valence-electron chi connectivity index (χ1n) is 42.4. The first-order chi connectivity index (χ1) is 51.9. The number of hydrogen-bond acceptors (Lipinski definition) is 24. The topological polar surface area (TPSA) is 316 Å². The third-order valence-electron chi connectivity index (χ3n) is 30.6. The lowest BCUT2D eigenvalue weighted by atomic mass is 9.78. The highest BCUT2D eigenvalue weighted by atomic mass is 16.6. The van der Waals surface area contributed by atoms with Crippen LogP contribution in [0, 0.1) is 116 Å². The van der Waals surface area contributed by atoms with Gasteiger partial charge in [0.15, 0.2) is 0 Å². The Morgan fingerprint density at radius 3 is 0.822 bits per heavy atom. The van der Waals surface area contributed by atoms with E-state index in [1.165, 1.54) is 12.8 Å². The smallest absolute Gasteiger partial charge is 0.311 e. The zero-order valence-corrected chi connectivity index (χ0v) is 67.8. The second kappa shape index (κ2) is 38.6. The van der Waals surface area contributed by atoms with Crippen molar-refractivity contribution in [2.45, 2.75) is 408 Å². The van der Waals surface area contributed by atoms with Crippen LogP contribution in [0.1, 0.15) is 337 Å². The third kappa shape index (κ3) is 18.6. The van der Waals surface area contributed by atoms with Gasteiger partial charge in [0.25, 0.3) is 0 Å². The Labute approximate surface area is 707 Å². The fourth-order valence-electron chi connectivity index (χ4n) is 22.1. The van der Waals surface area contributed by atoms with Gasteiger partial charge in [0, 0.05) is 47.3 Å². The van der Waals surface area contributed by atoms with E-state index in [0.29, 0.717) is 51.4 Å². The summed E-state index contributed by atoms with van der Waals surface area (Å²) >= 11 is 0. The molecule has 0 N–H and O–H groups in total. The van der Waals surface area contributed by atoms with Crippen molar-refractivity contribution in [2.75, 3.05) is 0 Å². The number of hydrogen-bond donors (Lipinski definition) is 0. The van der Waals surface area contributed by atoms with E-state index in [1.54, 1.807) is 0 Å². The minimum atomic E-state index is -0.602. The molecule has 8 bridgehead atoms. The highest BCUT2D eigenvalue weighted by Crippen LogP contribution is 2.64. The first-order valence-corrected chi connectivity index (χ1v) is 42.4. The Bertz CT molecular complexity index is 3560. The Balaban J connectivity index is 0.000000274. The van der Waals surface area contributed by atoms with Gasteiger partial charge in [0.2, 0.25) is 0 Å². The molecule has 16 aliphatic rings. The fourth-order valence-corrected chi connectivity index (χ4v) is 22.1. The Morgan fingerprint density at radius 2 is 0.559 bits per heavy atom. The second-order valence-corrected chi connectivity index (χ2v) is 38.9. The molecule has 4 saturated heterocycles. The van der Waals surface area contributed by atoms with Crippen LogP contribution in [0.4, 0.5) is 0 Å². The van der Waals surface area contributed by atoms with Crippen LogP contribution in [0.15, 0.2) is 0 Å². The summed E-state index contributed by atoms with van der Waals surface area (Å²) in [7, 11) is 0. The number of ether oxygens (including phenoxy) is 12. The minimum absolute atomic E-state index is 0. The van der Waals surface area contributed by atoms with Crippen molar-refractivity contribution < 1.29 is 114 Å². The first kappa shape index (κ1) is 102. The van der Waals surface area contributed by atoms with Gasteiger partial charge in [-0.25, -0.2) is 0 Å². The summed E-state index contributed by atoms with van der Waals surface area (Å²) in [6, 6.07) is 0. The standard InChI is InChI=1S/2C22H32O6.2C21H30O6.8CH4/c1-5-21(2,3)20(25)27-17-13-11-12-14(18(23)26-16(12)17)15(13)19(24)28-22(4)9-7-6-8-10-22;1-5-21(3,4)20(25)27-17-13-11-12-14(18(23)26-16(12)17)15(13)19(24)28-22(6-2)9-7-8-10-22;1-5-20(2,3)19(24)26-16-12-10-11-13(17(22)25-15(11)16)14(12)18(23)27-21(4)8-6-7-9-21;1-4-21(2,3)20(24)27-17-13-10-12-15(19(23)26-16(12)17)14(13)18(22)25-11-8-6-5-7-9-11;;;;;;;;/h2*12-17H,5-11H2,1-4H3;11-16H,5-10H2,1-4H3;11-17H,4-10H2,1-3H3;8*1H4. The van der Waals surface area contributed by atoms with Crippen molar-refractivity contribution in [3.63, 3.8) is 0 Å². The molecule has 0 amide bonds. The van der Waals surface area contributed by atoms with Crippen molar-refractivity contribution in [3.05, 3.63) is 0 Å². The molecular formula is C94H156O24. The molecule has 4 heterocycles. The normalized spacial score (nSPS) is 35.6. The highest BCUT2D eigenvalue weighted by Gasteiger charge is 2.75. The molecule has 118 heavy (non-hydrogen) atoms. The predicted molar refractivity (Wildman–Crippen MR) is 445 cm³/mol. The van der Waals surface area contributed by atoms with Crippen LogP contribution in [0.3, 0.4) is 0 Å². The minimum Gasteiger partial charge on any atom is -0.462 e. The Kier molecular flexibility index (Phi) is 33.4. The summed E-state index contributed by atoms with van der Waals surface area (Å²) in [6.45, 7) is 28.6. The molecule has 16 fully saturated rings. The summed E-state index contributed by atoms with van der Waals surface area (Å²) in [4.78, 5) is 153. The molecule has 0 aromatic heterocycles. The van der Waals surface area contributed by atoms with E-state index in [0.717, 1.165) is 109 Å². The molecule has 0 aromatic carbocycles. The van der Waals surface area contributed by atoms with Gasteiger partial charge in [-0.15, -0.1) is 0 Å². The molecule has 676 valence electrons. The maximum atomic E-state index is 13.2. The summed E-state index contributed by atoms with van der Waals surface area (Å²) < 4.78 is 69.3. The molecule has 12 aliphatic carbocycles. The van der Waals surface area contributed by atoms with Crippen LogP contribution < -0.4 is 0 Å². The number of rotatable bonds is 21. The molecule has 16 rings (SSSR count). The third-order valence-corrected chi connectivity index (χ3v) is 30.6. The van der Waals surface area contributed by atoms with Crippen molar-refractivity contribution in [1.29, 1.82) is 0 Å². The Hall–Kier alpha value is -6.36. The van der Waals surface area contributed by atoms with Crippen LogP contribution in [0.25, 0.3) is 0 Å². The largest absolute Gasteiger partial charge is 0.462 e. The fraction of sp³-hybridized carbons (Fsp3) is 0.872. The van der Waals surface area contributed by atoms with Crippen LogP contribution in [-0.4, -0.2) is 143 Å². The quantitative estimate of drug-likeness (QED) is 0.0761. The molecule has 24 unspecified atom stereocenters. The predicted octanol–water partition coefficient (Wildman–Crippen LogP) is 17.9. The van der Waals surface area contributed by atoms with Crippen LogP contribution in [0.5, 0.6) is 0 Å². The van der Waals surface area contributed by atoms with E-state index in [4.69, 9.17) is 56.8 Å². The lowest BCUT2D eigenvalue weighted by Gasteiger charge is -2.37. The molecule has 0 aromatic rings. The summed E-state index contributed by atoms with van der Waals surface area (Å²) in [6.07, 6.45) is 20.2. The van der Waals surface area contributed by atoms with Gasteiger partial charge in [-0.3, -0.25) is 57.5 Å². The van der Waals surface area contributed by atoms with E-state index in [-0.39, 0.29) is 184 Å². The lowest BCUT2D eigenvalue weighted by molar-refractivity contribution is -0.179. The van der Waals surface area contributed by atoms with Gasteiger partial charge in [-0.2, -0.15) is 0 Å². The molecule has 24 atom stereocenters. The number of fused-ring (bicyclic) bond motifs is 4. The van der Waals surface area contributed by atoms with Gasteiger partial charge >= 0.3 is 71.6 Å². The van der Waals surface area contributed by atoms with E-state index < -0.39 is 135 Å². The molecule has 0 radical (unpaired) electrons. The molecule has 24 heteroatoms.